The number of pyridine rings is 1. The van der Waals surface area contributed by atoms with E-state index in [9.17, 15) is 9.59 Å². The molecule has 2 heterocycles. The quantitative estimate of drug-likeness (QED) is 0.549. The number of Topliss-reactive ketones (excluding diaryl/α,β-unsaturated/α-hetero) is 1. The zero-order valence-electron chi connectivity index (χ0n) is 15.4. The van der Waals surface area contributed by atoms with Crippen LogP contribution in [0.4, 0.5) is 5.82 Å². The maximum Gasteiger partial charge on any atom is 0.306 e. The van der Waals surface area contributed by atoms with Gasteiger partial charge in [0.05, 0.1) is 11.4 Å². The van der Waals surface area contributed by atoms with Crippen molar-refractivity contribution in [1.29, 1.82) is 0 Å². The Hall–Kier alpha value is -2.40. The number of halogens is 1. The fourth-order valence-corrected chi connectivity index (χ4v) is 3.21. The molecule has 3 rings (SSSR count). The minimum absolute atomic E-state index is 0.0319. The predicted octanol–water partition coefficient (Wildman–Crippen LogP) is 4.22. The van der Waals surface area contributed by atoms with Crippen LogP contribution in [-0.2, 0) is 9.53 Å². The highest BCUT2D eigenvalue weighted by atomic mass is 35.5. The number of rotatable bonds is 6. The van der Waals surface area contributed by atoms with Gasteiger partial charge >= 0.3 is 5.97 Å². The summed E-state index contributed by atoms with van der Waals surface area (Å²) in [6.07, 6.45) is 3.33. The van der Waals surface area contributed by atoms with Gasteiger partial charge in [0.15, 0.2) is 5.78 Å². The molecule has 0 N–H and O–H groups in total. The maximum atomic E-state index is 12.1. The van der Waals surface area contributed by atoms with Crippen LogP contribution >= 0.6 is 11.6 Å². The molecule has 0 aliphatic carbocycles. The number of aryl methyl sites for hydroxylation is 1. The van der Waals surface area contributed by atoms with E-state index in [2.05, 4.69) is 9.88 Å². The topological polar surface area (TPSA) is 59.5 Å². The van der Waals surface area contributed by atoms with Gasteiger partial charge < -0.3 is 9.64 Å². The number of carbonyl (C=O) groups is 2. The molecule has 5 nitrogen and oxygen atoms in total. The van der Waals surface area contributed by atoms with Crippen molar-refractivity contribution in [2.24, 2.45) is 0 Å². The zero-order chi connectivity index (χ0) is 19.2. The number of esters is 1. The summed E-state index contributed by atoms with van der Waals surface area (Å²) in [4.78, 5) is 30.7. The SMILES string of the molecule is Cc1ccc(C(=O)CCC(=O)OC2CCN(c3ccc(Cl)cn3)CC2)cc1. The second-order valence-electron chi connectivity index (χ2n) is 6.80. The fourth-order valence-electron chi connectivity index (χ4n) is 3.10. The van der Waals surface area contributed by atoms with Gasteiger partial charge in [0.25, 0.3) is 0 Å². The number of ketones is 1. The first-order chi connectivity index (χ1) is 13.0. The number of anilines is 1. The second kappa shape index (κ2) is 9.00. The van der Waals surface area contributed by atoms with Crippen molar-refractivity contribution in [3.8, 4) is 0 Å². The van der Waals surface area contributed by atoms with Crippen LogP contribution in [0, 0.1) is 6.92 Å². The third-order valence-corrected chi connectivity index (χ3v) is 4.93. The molecule has 1 saturated heterocycles. The number of piperidine rings is 1. The predicted molar refractivity (Wildman–Crippen MR) is 105 cm³/mol. The van der Waals surface area contributed by atoms with Crippen LogP contribution in [0.25, 0.3) is 0 Å². The maximum absolute atomic E-state index is 12.1. The number of carbonyl (C=O) groups excluding carboxylic acids is 2. The molecule has 1 aromatic heterocycles. The fraction of sp³-hybridized carbons (Fsp3) is 0.381. The summed E-state index contributed by atoms with van der Waals surface area (Å²) in [7, 11) is 0. The molecule has 0 radical (unpaired) electrons. The summed E-state index contributed by atoms with van der Waals surface area (Å²) in [5.41, 5.74) is 1.74. The van der Waals surface area contributed by atoms with Gasteiger partial charge in [-0.3, -0.25) is 9.59 Å². The van der Waals surface area contributed by atoms with E-state index in [1.807, 2.05) is 31.2 Å². The second-order valence-corrected chi connectivity index (χ2v) is 7.24. The normalized spacial score (nSPS) is 14.8. The first-order valence-corrected chi connectivity index (χ1v) is 9.55. The Balaban J connectivity index is 1.41. The van der Waals surface area contributed by atoms with Gasteiger partial charge in [0.1, 0.15) is 11.9 Å². The van der Waals surface area contributed by atoms with Crippen LogP contribution in [0.2, 0.25) is 5.02 Å². The van der Waals surface area contributed by atoms with Gasteiger partial charge in [-0.15, -0.1) is 0 Å². The number of hydrogen-bond acceptors (Lipinski definition) is 5. The van der Waals surface area contributed by atoms with Crippen molar-refractivity contribution < 1.29 is 14.3 Å². The molecule has 27 heavy (non-hydrogen) atoms. The molecule has 6 heteroatoms. The van der Waals surface area contributed by atoms with Gasteiger partial charge in [-0.25, -0.2) is 4.98 Å². The highest BCUT2D eigenvalue weighted by molar-refractivity contribution is 6.30. The first kappa shape index (κ1) is 19.4. The summed E-state index contributed by atoms with van der Waals surface area (Å²) < 4.78 is 5.54. The summed E-state index contributed by atoms with van der Waals surface area (Å²) in [5.74, 6) is 0.544. The lowest BCUT2D eigenvalue weighted by molar-refractivity contribution is -0.149. The van der Waals surface area contributed by atoms with E-state index >= 15 is 0 Å². The minimum atomic E-state index is -0.307. The summed E-state index contributed by atoms with van der Waals surface area (Å²) in [6.45, 7) is 3.52. The standard InChI is InChI=1S/C21H23ClN2O3/c1-15-2-4-16(5-3-15)19(25)7-9-21(26)27-18-10-12-24(13-11-18)20-8-6-17(22)14-23-20/h2-6,8,14,18H,7,9-13H2,1H3. The van der Waals surface area contributed by atoms with Crippen LogP contribution in [0.3, 0.4) is 0 Å². The molecule has 0 unspecified atom stereocenters. The van der Waals surface area contributed by atoms with Gasteiger partial charge in [-0.05, 0) is 19.1 Å². The van der Waals surface area contributed by atoms with Crippen molar-refractivity contribution in [2.45, 2.75) is 38.7 Å². The highest BCUT2D eigenvalue weighted by Gasteiger charge is 2.23. The monoisotopic (exact) mass is 386 g/mol. The van der Waals surface area contributed by atoms with Crippen LogP contribution in [0.1, 0.15) is 41.6 Å². The molecule has 0 saturated carbocycles. The summed E-state index contributed by atoms with van der Waals surface area (Å²) in [6, 6.07) is 11.1. The number of aromatic nitrogens is 1. The average molecular weight is 387 g/mol. The van der Waals surface area contributed by atoms with E-state index in [4.69, 9.17) is 16.3 Å². The van der Waals surface area contributed by atoms with Crippen molar-refractivity contribution in [3.05, 3.63) is 58.7 Å². The van der Waals surface area contributed by atoms with E-state index in [0.29, 0.717) is 10.6 Å². The van der Waals surface area contributed by atoms with Crippen molar-refractivity contribution in [2.75, 3.05) is 18.0 Å². The van der Waals surface area contributed by atoms with E-state index in [1.165, 1.54) is 0 Å². The lowest BCUT2D eigenvalue weighted by Crippen LogP contribution is -2.38. The van der Waals surface area contributed by atoms with Crippen molar-refractivity contribution in [1.82, 2.24) is 4.98 Å². The zero-order valence-corrected chi connectivity index (χ0v) is 16.1. The summed E-state index contributed by atoms with van der Waals surface area (Å²) in [5, 5.41) is 0.614. The smallest absolute Gasteiger partial charge is 0.306 e. The molecule has 0 bridgehead atoms. The third-order valence-electron chi connectivity index (χ3n) is 4.71. The number of nitrogens with zero attached hydrogens (tertiary/aromatic N) is 2. The molecular weight excluding hydrogens is 364 g/mol. The molecule has 142 valence electrons. The van der Waals surface area contributed by atoms with Gasteiger partial charge in [0.2, 0.25) is 0 Å². The lowest BCUT2D eigenvalue weighted by Gasteiger charge is -2.32. The molecular formula is C21H23ClN2O3. The Morgan fingerprint density at radius 1 is 1.11 bits per heavy atom. The Labute approximate surface area is 164 Å². The highest BCUT2D eigenvalue weighted by Crippen LogP contribution is 2.21. The van der Waals surface area contributed by atoms with Crippen LogP contribution in [0.5, 0.6) is 0 Å². The Morgan fingerprint density at radius 3 is 2.44 bits per heavy atom. The number of benzene rings is 1. The van der Waals surface area contributed by atoms with Crippen molar-refractivity contribution >= 4 is 29.2 Å². The Bertz CT molecular complexity index is 782. The van der Waals surface area contributed by atoms with Gasteiger partial charge in [0, 0.05) is 44.1 Å². The molecule has 2 aromatic rings. The molecule has 0 spiro atoms. The molecule has 0 amide bonds. The molecule has 1 aromatic carbocycles. The third kappa shape index (κ3) is 5.54. The minimum Gasteiger partial charge on any atom is -0.462 e. The van der Waals surface area contributed by atoms with Crippen LogP contribution in [0.15, 0.2) is 42.6 Å². The van der Waals surface area contributed by atoms with E-state index in [1.54, 1.807) is 18.3 Å². The molecule has 1 aliphatic rings. The van der Waals surface area contributed by atoms with E-state index in [0.717, 1.165) is 37.3 Å². The Morgan fingerprint density at radius 2 is 1.81 bits per heavy atom. The summed E-state index contributed by atoms with van der Waals surface area (Å²) >= 11 is 5.87. The Kier molecular flexibility index (Phi) is 6.45. The van der Waals surface area contributed by atoms with Gasteiger partial charge in [-0.1, -0.05) is 41.4 Å². The average Bonchev–Trinajstić information content (AvgIpc) is 2.68. The van der Waals surface area contributed by atoms with Gasteiger partial charge in [-0.2, -0.15) is 0 Å². The van der Waals surface area contributed by atoms with E-state index in [-0.39, 0.29) is 30.7 Å². The number of hydrogen-bond donors (Lipinski definition) is 0. The largest absolute Gasteiger partial charge is 0.462 e. The van der Waals surface area contributed by atoms with Crippen LogP contribution in [-0.4, -0.2) is 35.9 Å². The lowest BCUT2D eigenvalue weighted by atomic mass is 10.0. The molecule has 0 atom stereocenters. The molecule has 1 fully saturated rings. The van der Waals surface area contributed by atoms with Crippen LogP contribution < -0.4 is 4.90 Å². The van der Waals surface area contributed by atoms with E-state index < -0.39 is 0 Å². The first-order valence-electron chi connectivity index (χ1n) is 9.17. The number of ether oxygens (including phenoxy) is 1. The molecule has 1 aliphatic heterocycles. The van der Waals surface area contributed by atoms with Crippen molar-refractivity contribution in [3.63, 3.8) is 0 Å².